The number of halogens is 1. The van der Waals surface area contributed by atoms with Crippen molar-refractivity contribution in [1.82, 2.24) is 10.6 Å². The van der Waals surface area contributed by atoms with E-state index in [9.17, 15) is 4.79 Å². The molecule has 1 fully saturated rings. The minimum absolute atomic E-state index is 0.0154. The molecule has 0 bridgehead atoms. The summed E-state index contributed by atoms with van der Waals surface area (Å²) in [5.41, 5.74) is 0. The molecule has 0 spiro atoms. The Kier molecular flexibility index (Phi) is 4.07. The summed E-state index contributed by atoms with van der Waals surface area (Å²) >= 11 is 6.79. The Bertz CT molecular complexity index is 350. The molecule has 0 aromatic carbocycles. The van der Waals surface area contributed by atoms with Gasteiger partial charge in [-0.3, -0.25) is 10.1 Å². The van der Waals surface area contributed by atoms with E-state index in [2.05, 4.69) is 26.6 Å². The smallest absolute Gasteiger partial charge is 0.238 e. The average Bonchev–Trinajstić information content (AvgIpc) is 2.84. The number of carbonyl (C=O) groups excluding carboxylic acids is 1. The van der Waals surface area contributed by atoms with Crippen LogP contribution in [0.15, 0.2) is 15.9 Å². The molecule has 1 amide bonds. The molecular weight excluding hydrogens is 296 g/mol. The molecule has 0 aliphatic carbocycles. The first-order valence-electron chi connectivity index (χ1n) is 4.57. The molecule has 2 heterocycles. The van der Waals surface area contributed by atoms with Gasteiger partial charge in [0.25, 0.3) is 0 Å². The zero-order chi connectivity index (χ0) is 10.7. The van der Waals surface area contributed by atoms with Gasteiger partial charge in [0.2, 0.25) is 5.91 Å². The normalized spacial score (nSPS) is 20.5. The van der Waals surface area contributed by atoms with Crippen LogP contribution >= 0.6 is 39.0 Å². The SMILES string of the molecule is O=C(NCc1cc(Br)cs1)C1CSCN1. The van der Waals surface area contributed by atoms with Crippen LogP contribution in [0.3, 0.4) is 0 Å². The van der Waals surface area contributed by atoms with Crippen molar-refractivity contribution in [2.24, 2.45) is 0 Å². The molecule has 1 aliphatic heterocycles. The first kappa shape index (κ1) is 11.4. The second-order valence-electron chi connectivity index (χ2n) is 3.22. The first-order valence-corrected chi connectivity index (χ1v) is 7.40. The standard InChI is InChI=1S/C9H11BrN2OS2/c10-6-1-7(15-3-6)2-11-9(13)8-4-14-5-12-8/h1,3,8,12H,2,4-5H2,(H,11,13). The second kappa shape index (κ2) is 5.34. The Morgan fingerprint density at radius 3 is 3.20 bits per heavy atom. The third-order valence-electron chi connectivity index (χ3n) is 2.09. The van der Waals surface area contributed by atoms with E-state index >= 15 is 0 Å². The van der Waals surface area contributed by atoms with Gasteiger partial charge in [-0.2, -0.15) is 0 Å². The van der Waals surface area contributed by atoms with Crippen molar-refractivity contribution >= 4 is 44.9 Å². The van der Waals surface area contributed by atoms with Crippen LogP contribution in [0.25, 0.3) is 0 Å². The number of hydrogen-bond donors (Lipinski definition) is 2. The molecule has 1 aliphatic rings. The van der Waals surface area contributed by atoms with E-state index in [1.54, 1.807) is 23.1 Å². The molecule has 1 aromatic heterocycles. The van der Waals surface area contributed by atoms with Crippen molar-refractivity contribution in [3.63, 3.8) is 0 Å². The number of nitrogens with one attached hydrogen (secondary N) is 2. The van der Waals surface area contributed by atoms with E-state index in [0.717, 1.165) is 16.1 Å². The molecule has 2 N–H and O–H groups in total. The van der Waals surface area contributed by atoms with Gasteiger partial charge in [-0.15, -0.1) is 23.1 Å². The molecule has 6 heteroatoms. The zero-order valence-electron chi connectivity index (χ0n) is 7.96. The molecule has 1 unspecified atom stereocenters. The summed E-state index contributed by atoms with van der Waals surface area (Å²) in [5.74, 6) is 1.85. The molecule has 2 rings (SSSR count). The highest BCUT2D eigenvalue weighted by atomic mass is 79.9. The van der Waals surface area contributed by atoms with E-state index in [1.807, 2.05) is 11.4 Å². The van der Waals surface area contributed by atoms with Crippen LogP contribution in [0.2, 0.25) is 0 Å². The van der Waals surface area contributed by atoms with Crippen molar-refractivity contribution in [2.75, 3.05) is 11.6 Å². The van der Waals surface area contributed by atoms with Crippen LogP contribution in [0.5, 0.6) is 0 Å². The first-order chi connectivity index (χ1) is 7.25. The summed E-state index contributed by atoms with van der Waals surface area (Å²) in [7, 11) is 0. The molecule has 1 atom stereocenters. The molecule has 15 heavy (non-hydrogen) atoms. The second-order valence-corrected chi connectivity index (χ2v) is 6.16. The minimum atomic E-state index is -0.0154. The van der Waals surface area contributed by atoms with Crippen LogP contribution in [0.1, 0.15) is 4.88 Å². The number of carbonyl (C=O) groups is 1. The number of thioether (sulfide) groups is 1. The predicted octanol–water partition coefficient (Wildman–Crippen LogP) is 1.79. The topological polar surface area (TPSA) is 41.1 Å². The highest BCUT2D eigenvalue weighted by Gasteiger charge is 2.21. The van der Waals surface area contributed by atoms with Gasteiger partial charge < -0.3 is 5.32 Å². The van der Waals surface area contributed by atoms with E-state index in [0.29, 0.717) is 6.54 Å². The summed E-state index contributed by atoms with van der Waals surface area (Å²) in [5, 5.41) is 8.09. The van der Waals surface area contributed by atoms with Gasteiger partial charge in [0, 0.05) is 26.4 Å². The highest BCUT2D eigenvalue weighted by molar-refractivity contribution is 9.10. The van der Waals surface area contributed by atoms with Gasteiger partial charge in [0.05, 0.1) is 12.6 Å². The Labute approximate surface area is 105 Å². The van der Waals surface area contributed by atoms with Crippen molar-refractivity contribution in [3.05, 3.63) is 20.8 Å². The van der Waals surface area contributed by atoms with Crippen LogP contribution in [-0.4, -0.2) is 23.6 Å². The van der Waals surface area contributed by atoms with Gasteiger partial charge in [-0.05, 0) is 22.0 Å². The lowest BCUT2D eigenvalue weighted by molar-refractivity contribution is -0.122. The van der Waals surface area contributed by atoms with Crippen molar-refractivity contribution in [2.45, 2.75) is 12.6 Å². The van der Waals surface area contributed by atoms with Crippen LogP contribution in [0, 0.1) is 0 Å². The van der Waals surface area contributed by atoms with E-state index in [1.165, 1.54) is 4.88 Å². The fourth-order valence-electron chi connectivity index (χ4n) is 1.31. The quantitative estimate of drug-likeness (QED) is 0.894. The van der Waals surface area contributed by atoms with E-state index < -0.39 is 0 Å². The Morgan fingerprint density at radius 1 is 1.73 bits per heavy atom. The summed E-state index contributed by atoms with van der Waals surface area (Å²) in [4.78, 5) is 12.8. The number of hydrogen-bond acceptors (Lipinski definition) is 4. The minimum Gasteiger partial charge on any atom is -0.350 e. The lowest BCUT2D eigenvalue weighted by Gasteiger charge is -2.09. The number of rotatable bonds is 3. The maximum absolute atomic E-state index is 11.6. The molecule has 1 aromatic rings. The number of thiophene rings is 1. The van der Waals surface area contributed by atoms with Crippen LogP contribution in [0.4, 0.5) is 0 Å². The monoisotopic (exact) mass is 306 g/mol. The lowest BCUT2D eigenvalue weighted by Crippen LogP contribution is -2.41. The zero-order valence-corrected chi connectivity index (χ0v) is 11.2. The molecule has 82 valence electrons. The maximum Gasteiger partial charge on any atom is 0.238 e. The third-order valence-corrected chi connectivity index (χ3v) is 4.73. The molecule has 0 saturated carbocycles. The van der Waals surface area contributed by atoms with Crippen molar-refractivity contribution in [3.8, 4) is 0 Å². The highest BCUT2D eigenvalue weighted by Crippen LogP contribution is 2.19. The maximum atomic E-state index is 11.6. The van der Waals surface area contributed by atoms with E-state index in [-0.39, 0.29) is 11.9 Å². The summed E-state index contributed by atoms with van der Waals surface area (Å²) in [6.07, 6.45) is 0. The van der Waals surface area contributed by atoms with Gasteiger partial charge in [0.1, 0.15) is 0 Å². The Hall–Kier alpha value is -0.0400. The van der Waals surface area contributed by atoms with Crippen LogP contribution in [-0.2, 0) is 11.3 Å². The summed E-state index contributed by atoms with van der Waals surface area (Å²) in [6, 6.07) is 2.01. The van der Waals surface area contributed by atoms with Gasteiger partial charge in [-0.25, -0.2) is 0 Å². The molecule has 0 radical (unpaired) electrons. The number of amides is 1. The largest absolute Gasteiger partial charge is 0.350 e. The predicted molar refractivity (Wildman–Crippen MR) is 68.1 cm³/mol. The van der Waals surface area contributed by atoms with Crippen molar-refractivity contribution in [1.29, 1.82) is 0 Å². The lowest BCUT2D eigenvalue weighted by atomic mass is 10.3. The van der Waals surface area contributed by atoms with Gasteiger partial charge >= 0.3 is 0 Å². The van der Waals surface area contributed by atoms with Gasteiger partial charge in [-0.1, -0.05) is 0 Å². The molecular formula is C9H11BrN2OS2. The Morgan fingerprint density at radius 2 is 2.60 bits per heavy atom. The average molecular weight is 307 g/mol. The van der Waals surface area contributed by atoms with Crippen molar-refractivity contribution < 1.29 is 4.79 Å². The van der Waals surface area contributed by atoms with Gasteiger partial charge in [0.15, 0.2) is 0 Å². The Balaban J connectivity index is 1.80. The fraction of sp³-hybridized carbons (Fsp3) is 0.444. The molecule has 3 nitrogen and oxygen atoms in total. The summed E-state index contributed by atoms with van der Waals surface area (Å²) < 4.78 is 1.08. The summed E-state index contributed by atoms with van der Waals surface area (Å²) in [6.45, 7) is 0.623. The molecule has 1 saturated heterocycles. The van der Waals surface area contributed by atoms with E-state index in [4.69, 9.17) is 0 Å². The van der Waals surface area contributed by atoms with Crippen LogP contribution < -0.4 is 10.6 Å². The third kappa shape index (κ3) is 3.21. The fourth-order valence-corrected chi connectivity index (χ4v) is 3.64.